The largest absolute Gasteiger partial charge is 0.458 e. The van der Waals surface area contributed by atoms with Gasteiger partial charge in [0, 0.05) is 34.8 Å². The van der Waals surface area contributed by atoms with Gasteiger partial charge in [-0.15, -0.1) is 11.3 Å². The summed E-state index contributed by atoms with van der Waals surface area (Å²) in [4.78, 5) is 37.3. The maximum absolute atomic E-state index is 13.2. The van der Waals surface area contributed by atoms with Crippen LogP contribution in [-0.2, 0) is 21.4 Å². The molecule has 1 N–H and O–H groups in total. The molecule has 2 heterocycles. The van der Waals surface area contributed by atoms with Crippen molar-refractivity contribution >= 4 is 23.2 Å². The highest BCUT2D eigenvalue weighted by molar-refractivity contribution is 7.14. The first-order valence-corrected chi connectivity index (χ1v) is 16.8. The van der Waals surface area contributed by atoms with Crippen LogP contribution in [0.3, 0.4) is 0 Å². The molecular weight excluding hydrogens is 579 g/mol. The molecule has 45 heavy (non-hydrogen) atoms. The van der Waals surface area contributed by atoms with Gasteiger partial charge in [-0.05, 0) is 73.8 Å². The van der Waals surface area contributed by atoms with E-state index >= 15 is 0 Å². The van der Waals surface area contributed by atoms with Crippen LogP contribution in [0.25, 0.3) is 22.5 Å². The Balaban J connectivity index is 1.26. The fraction of sp³-hybridized carbons (Fsp3) is 0.421. The number of thiophene rings is 1. The van der Waals surface area contributed by atoms with Crippen molar-refractivity contribution in [3.8, 4) is 22.5 Å². The molecule has 0 aliphatic heterocycles. The van der Waals surface area contributed by atoms with Crippen LogP contribution >= 0.6 is 11.3 Å². The summed E-state index contributed by atoms with van der Waals surface area (Å²) < 4.78 is 5.68. The molecular formula is C38H45N3O3S. The number of amides is 1. The van der Waals surface area contributed by atoms with Crippen LogP contribution in [0.1, 0.15) is 105 Å². The summed E-state index contributed by atoms with van der Waals surface area (Å²) in [5, 5.41) is 2.93. The van der Waals surface area contributed by atoms with Crippen LogP contribution in [0, 0.1) is 0 Å². The minimum atomic E-state index is -0.831. The van der Waals surface area contributed by atoms with E-state index in [4.69, 9.17) is 4.74 Å². The third kappa shape index (κ3) is 8.66. The molecule has 0 radical (unpaired) electrons. The van der Waals surface area contributed by atoms with Gasteiger partial charge in [-0.3, -0.25) is 4.79 Å². The van der Waals surface area contributed by atoms with Gasteiger partial charge in [0.1, 0.15) is 11.6 Å². The monoisotopic (exact) mass is 623 g/mol. The number of esters is 1. The lowest BCUT2D eigenvalue weighted by Gasteiger charge is -2.24. The van der Waals surface area contributed by atoms with E-state index < -0.39 is 17.6 Å². The molecule has 4 aromatic rings. The summed E-state index contributed by atoms with van der Waals surface area (Å²) in [6, 6.07) is 19.6. The van der Waals surface area contributed by atoms with E-state index in [1.54, 1.807) is 0 Å². The normalized spacial score (nSPS) is 15.0. The molecule has 1 aliphatic carbocycles. The number of hydrogen-bond donors (Lipinski definition) is 1. The summed E-state index contributed by atoms with van der Waals surface area (Å²) in [5.41, 5.74) is 4.58. The summed E-state index contributed by atoms with van der Waals surface area (Å²) >= 11 is 1.45. The van der Waals surface area contributed by atoms with Crippen LogP contribution in [0.5, 0.6) is 0 Å². The second-order valence-corrected chi connectivity index (χ2v) is 15.2. The van der Waals surface area contributed by atoms with Crippen LogP contribution in [0.15, 0.2) is 73.1 Å². The van der Waals surface area contributed by atoms with Gasteiger partial charge in [-0.2, -0.15) is 0 Å². The predicted molar refractivity (Wildman–Crippen MR) is 183 cm³/mol. The van der Waals surface area contributed by atoms with Gasteiger partial charge in [-0.25, -0.2) is 14.8 Å². The van der Waals surface area contributed by atoms with Gasteiger partial charge in [0.2, 0.25) is 0 Å². The Morgan fingerprint density at radius 3 is 2.02 bits per heavy atom. The van der Waals surface area contributed by atoms with Gasteiger partial charge in [0.05, 0.1) is 4.88 Å². The lowest BCUT2D eigenvalue weighted by Crippen LogP contribution is -2.45. The SMILES string of the molecule is CC(C)(C)OC(=O)C(Cc1ccc(-c2ncc(-c3ccc(C4CCCCC4)cc3)cn2)cc1)NC(=O)c1ccc(C(C)(C)C)s1. The maximum atomic E-state index is 13.2. The van der Waals surface area contributed by atoms with Gasteiger partial charge in [0.15, 0.2) is 5.82 Å². The Labute approximate surface area is 271 Å². The van der Waals surface area contributed by atoms with Crippen molar-refractivity contribution in [2.24, 2.45) is 0 Å². The number of nitrogens with one attached hydrogen (secondary N) is 1. The quantitative estimate of drug-likeness (QED) is 0.198. The highest BCUT2D eigenvalue weighted by Crippen LogP contribution is 2.34. The summed E-state index contributed by atoms with van der Waals surface area (Å²) in [7, 11) is 0. The van der Waals surface area contributed by atoms with E-state index in [0.29, 0.717) is 23.0 Å². The molecule has 2 aromatic heterocycles. The Hall–Kier alpha value is -3.84. The Bertz CT molecular complexity index is 1590. The fourth-order valence-electron chi connectivity index (χ4n) is 5.69. The first kappa shape index (κ1) is 32.6. The van der Waals surface area contributed by atoms with Gasteiger partial charge >= 0.3 is 5.97 Å². The molecule has 236 valence electrons. The topological polar surface area (TPSA) is 81.2 Å². The standard InChI is InChI=1S/C38H45N3O3S/c1-37(2,3)33-21-20-32(45-33)35(42)41-31(36(43)44-38(4,5)6)22-25-12-14-29(15-13-25)34-39-23-30(24-40-34)28-18-16-27(17-19-28)26-10-8-7-9-11-26/h12-21,23-24,26,31H,7-11,22H2,1-6H3,(H,41,42). The minimum Gasteiger partial charge on any atom is -0.458 e. The van der Waals surface area contributed by atoms with Crippen LogP contribution < -0.4 is 5.32 Å². The van der Waals surface area contributed by atoms with Crippen molar-refractivity contribution < 1.29 is 14.3 Å². The summed E-state index contributed by atoms with van der Waals surface area (Å²) in [6.07, 6.45) is 10.6. The van der Waals surface area contributed by atoms with E-state index in [-0.39, 0.29) is 11.3 Å². The van der Waals surface area contributed by atoms with Crippen LogP contribution in [0.2, 0.25) is 0 Å². The van der Waals surface area contributed by atoms with Crippen LogP contribution in [0.4, 0.5) is 0 Å². The second kappa shape index (κ2) is 13.7. The molecule has 0 spiro atoms. The molecule has 1 fully saturated rings. The van der Waals surface area contributed by atoms with Crippen LogP contribution in [-0.4, -0.2) is 33.5 Å². The zero-order valence-corrected chi connectivity index (χ0v) is 28.2. The average molecular weight is 624 g/mol. The Kier molecular flexibility index (Phi) is 9.88. The lowest BCUT2D eigenvalue weighted by atomic mass is 9.84. The van der Waals surface area contributed by atoms with Crippen molar-refractivity contribution in [1.82, 2.24) is 15.3 Å². The number of benzene rings is 2. The van der Waals surface area contributed by atoms with E-state index in [1.807, 2.05) is 69.6 Å². The Morgan fingerprint density at radius 2 is 1.44 bits per heavy atom. The number of ether oxygens (including phenoxy) is 1. The molecule has 5 rings (SSSR count). The molecule has 6 nitrogen and oxygen atoms in total. The van der Waals surface area contributed by atoms with E-state index in [9.17, 15) is 9.59 Å². The van der Waals surface area contributed by atoms with Crippen molar-refractivity contribution in [2.75, 3.05) is 0 Å². The lowest BCUT2D eigenvalue weighted by molar-refractivity contribution is -0.157. The molecule has 2 aromatic carbocycles. The number of nitrogens with zero attached hydrogens (tertiary/aromatic N) is 2. The number of hydrogen-bond acceptors (Lipinski definition) is 6. The van der Waals surface area contributed by atoms with E-state index in [0.717, 1.165) is 27.1 Å². The Morgan fingerprint density at radius 1 is 0.822 bits per heavy atom. The number of carbonyl (C=O) groups is 2. The molecule has 1 saturated carbocycles. The number of carbonyl (C=O) groups excluding carboxylic acids is 2. The van der Waals surface area contributed by atoms with Crippen molar-refractivity contribution in [2.45, 2.75) is 103 Å². The van der Waals surface area contributed by atoms with Gasteiger partial charge in [-0.1, -0.05) is 88.6 Å². The second-order valence-electron chi connectivity index (χ2n) is 14.1. The predicted octanol–water partition coefficient (Wildman–Crippen LogP) is 8.90. The number of rotatable bonds is 8. The maximum Gasteiger partial charge on any atom is 0.329 e. The zero-order valence-electron chi connectivity index (χ0n) is 27.4. The molecule has 1 unspecified atom stereocenters. The first-order chi connectivity index (χ1) is 21.4. The van der Waals surface area contributed by atoms with Crippen molar-refractivity contribution in [3.63, 3.8) is 0 Å². The molecule has 1 atom stereocenters. The van der Waals surface area contributed by atoms with Gasteiger partial charge < -0.3 is 10.1 Å². The third-order valence-corrected chi connectivity index (χ3v) is 9.70. The number of aromatic nitrogens is 2. The van der Waals surface area contributed by atoms with Crippen molar-refractivity contribution in [1.29, 1.82) is 0 Å². The molecule has 7 heteroatoms. The highest BCUT2D eigenvalue weighted by atomic mass is 32.1. The van der Waals surface area contributed by atoms with E-state index in [2.05, 4.69) is 60.3 Å². The zero-order chi connectivity index (χ0) is 32.2. The molecule has 0 saturated heterocycles. The smallest absolute Gasteiger partial charge is 0.329 e. The first-order valence-electron chi connectivity index (χ1n) is 16.0. The fourth-order valence-corrected chi connectivity index (χ4v) is 6.66. The average Bonchev–Trinajstić information content (AvgIpc) is 3.53. The van der Waals surface area contributed by atoms with Gasteiger partial charge in [0.25, 0.3) is 5.91 Å². The summed E-state index contributed by atoms with van der Waals surface area (Å²) in [6.45, 7) is 11.8. The molecule has 1 aliphatic rings. The third-order valence-electron chi connectivity index (χ3n) is 8.19. The molecule has 0 bridgehead atoms. The van der Waals surface area contributed by atoms with Crippen molar-refractivity contribution in [3.05, 3.63) is 93.9 Å². The minimum absolute atomic E-state index is 0.0562. The highest BCUT2D eigenvalue weighted by Gasteiger charge is 2.28. The van der Waals surface area contributed by atoms with E-state index in [1.165, 1.54) is 49.0 Å². The summed E-state index contributed by atoms with van der Waals surface area (Å²) in [5.74, 6) is 0.583. The molecule has 1 amide bonds.